The summed E-state index contributed by atoms with van der Waals surface area (Å²) in [6.45, 7) is 0.193. The lowest BCUT2D eigenvalue weighted by atomic mass is 10.2. The quantitative estimate of drug-likeness (QED) is 0.223. The number of nitrogens with zero attached hydrogens (tertiary/aromatic N) is 7. The van der Waals surface area contributed by atoms with Crippen molar-refractivity contribution >= 4 is 47.3 Å². The highest BCUT2D eigenvalue weighted by Crippen LogP contribution is 2.28. The summed E-state index contributed by atoms with van der Waals surface area (Å²) in [6, 6.07) is 17.9. The van der Waals surface area contributed by atoms with Crippen molar-refractivity contribution in [1.82, 2.24) is 24.4 Å². The maximum atomic E-state index is 13.3. The van der Waals surface area contributed by atoms with Gasteiger partial charge in [-0.3, -0.25) is 9.36 Å². The second kappa shape index (κ2) is 10.2. The molecule has 11 heteroatoms. The van der Waals surface area contributed by atoms with Crippen LogP contribution in [0, 0.1) is 0 Å². The van der Waals surface area contributed by atoms with Crippen LogP contribution >= 0.6 is 0 Å². The number of carbonyl (C=O) groups is 2. The second-order valence-corrected chi connectivity index (χ2v) is 7.19. The molecular weight excluding hydrogens is 438 g/mol. The van der Waals surface area contributed by atoms with Crippen LogP contribution in [0.3, 0.4) is 0 Å². The number of aliphatic imine (C=N–C) groups is 1. The molecule has 34 heavy (non-hydrogen) atoms. The van der Waals surface area contributed by atoms with E-state index in [0.717, 1.165) is 0 Å². The van der Waals surface area contributed by atoms with Crippen LogP contribution in [0.4, 0.5) is 22.0 Å². The maximum Gasteiger partial charge on any atom is 0.426 e. The van der Waals surface area contributed by atoms with Gasteiger partial charge < -0.3 is 14.4 Å². The molecule has 0 saturated heterocycles. The maximum absolute atomic E-state index is 13.3. The summed E-state index contributed by atoms with van der Waals surface area (Å²) in [5.41, 5.74) is 1.86. The number of carbonyl (C=O) groups excluding carboxylic acids is 2. The number of amides is 1. The molecule has 1 amide bonds. The number of fused-ring (bicyclic) bond motifs is 1. The van der Waals surface area contributed by atoms with Crippen molar-refractivity contribution in [1.29, 1.82) is 0 Å². The Kier molecular flexibility index (Phi) is 6.73. The Morgan fingerprint density at radius 3 is 2.26 bits per heavy atom. The van der Waals surface area contributed by atoms with E-state index in [9.17, 15) is 9.59 Å². The Bertz CT molecular complexity index is 1270. The topological polar surface area (TPSA) is 115 Å². The summed E-state index contributed by atoms with van der Waals surface area (Å²) in [4.78, 5) is 44.3. The number of anilines is 2. The van der Waals surface area contributed by atoms with Crippen LogP contribution in [-0.4, -0.2) is 57.4 Å². The summed E-state index contributed by atoms with van der Waals surface area (Å²) in [7, 11) is 3.61. The smallest absolute Gasteiger partial charge is 0.426 e. The molecule has 4 rings (SSSR count). The van der Waals surface area contributed by atoms with Gasteiger partial charge in [0.15, 0.2) is 23.7 Å². The average Bonchev–Trinajstić information content (AvgIpc) is 3.25. The van der Waals surface area contributed by atoms with E-state index in [2.05, 4.69) is 19.9 Å². The van der Waals surface area contributed by atoms with Crippen molar-refractivity contribution in [2.24, 2.45) is 4.99 Å². The van der Waals surface area contributed by atoms with Gasteiger partial charge in [0.25, 0.3) is 6.47 Å². The first kappa shape index (κ1) is 22.4. The van der Waals surface area contributed by atoms with Crippen molar-refractivity contribution in [3.63, 3.8) is 0 Å². The fourth-order valence-corrected chi connectivity index (χ4v) is 3.06. The Hall–Kier alpha value is -4.80. The van der Waals surface area contributed by atoms with Crippen LogP contribution < -0.4 is 9.64 Å². The SMILES string of the molecule is CN(C)C=Nc1nc(OC(=O)N(c2ccccc2)c2ccccc2)nc2c1ncn2COC=O. The Morgan fingerprint density at radius 2 is 1.68 bits per heavy atom. The molecule has 0 atom stereocenters. The highest BCUT2D eigenvalue weighted by molar-refractivity contribution is 5.97. The van der Waals surface area contributed by atoms with Gasteiger partial charge >= 0.3 is 12.1 Å². The Morgan fingerprint density at radius 1 is 1.03 bits per heavy atom. The first-order valence-electron chi connectivity index (χ1n) is 10.2. The Balaban J connectivity index is 1.74. The number of rotatable bonds is 8. The number of para-hydroxylation sites is 2. The molecule has 4 aromatic rings. The number of hydrogen-bond acceptors (Lipinski definition) is 8. The minimum Gasteiger partial charge on any atom is -0.446 e. The molecule has 0 aliphatic rings. The third-order valence-electron chi connectivity index (χ3n) is 4.51. The zero-order chi connectivity index (χ0) is 23.9. The molecular formula is C23H21N7O4. The third kappa shape index (κ3) is 4.99. The van der Waals surface area contributed by atoms with Gasteiger partial charge in [-0.25, -0.2) is 19.7 Å². The van der Waals surface area contributed by atoms with Crippen LogP contribution in [0.5, 0.6) is 6.01 Å². The van der Waals surface area contributed by atoms with Gasteiger partial charge in [0.2, 0.25) is 0 Å². The van der Waals surface area contributed by atoms with Gasteiger partial charge in [-0.1, -0.05) is 36.4 Å². The van der Waals surface area contributed by atoms with E-state index in [4.69, 9.17) is 9.47 Å². The lowest BCUT2D eigenvalue weighted by Crippen LogP contribution is -2.29. The molecule has 2 aromatic heterocycles. The fourth-order valence-electron chi connectivity index (χ4n) is 3.06. The zero-order valence-electron chi connectivity index (χ0n) is 18.5. The van der Waals surface area contributed by atoms with Gasteiger partial charge in [0, 0.05) is 14.1 Å². The number of benzene rings is 2. The van der Waals surface area contributed by atoms with Gasteiger partial charge in [-0.2, -0.15) is 9.97 Å². The van der Waals surface area contributed by atoms with Crippen molar-refractivity contribution in [3.8, 4) is 6.01 Å². The van der Waals surface area contributed by atoms with E-state index in [1.54, 1.807) is 43.3 Å². The predicted octanol–water partition coefficient (Wildman–Crippen LogP) is 3.52. The van der Waals surface area contributed by atoms with E-state index >= 15 is 0 Å². The molecule has 2 heterocycles. The molecule has 172 valence electrons. The van der Waals surface area contributed by atoms with Crippen LogP contribution in [0.15, 0.2) is 72.0 Å². The van der Waals surface area contributed by atoms with E-state index in [1.165, 1.54) is 22.1 Å². The third-order valence-corrected chi connectivity index (χ3v) is 4.51. The highest BCUT2D eigenvalue weighted by Gasteiger charge is 2.23. The number of aromatic nitrogens is 4. The molecule has 2 aromatic carbocycles. The lowest BCUT2D eigenvalue weighted by molar-refractivity contribution is -0.131. The van der Waals surface area contributed by atoms with E-state index < -0.39 is 6.09 Å². The summed E-state index contributed by atoms with van der Waals surface area (Å²) in [5, 5.41) is 0. The van der Waals surface area contributed by atoms with Crippen molar-refractivity contribution in [2.45, 2.75) is 6.73 Å². The minimum atomic E-state index is -0.713. The highest BCUT2D eigenvalue weighted by atomic mass is 16.6. The molecule has 0 radical (unpaired) electrons. The van der Waals surface area contributed by atoms with Crippen molar-refractivity contribution in [3.05, 3.63) is 67.0 Å². The standard InChI is InChI=1S/C23H21N7O4/c1-28(2)13-25-20-19-21(29(14-24-19)15-33-16-31)27-22(26-20)34-23(32)30(17-9-5-3-6-10-17)18-11-7-4-8-12-18/h3-14,16H,15H2,1-2H3. The molecule has 0 aliphatic heterocycles. The lowest BCUT2D eigenvalue weighted by Gasteiger charge is -2.21. The molecule has 0 fully saturated rings. The van der Waals surface area contributed by atoms with Crippen molar-refractivity contribution in [2.75, 3.05) is 19.0 Å². The number of hydrogen-bond donors (Lipinski definition) is 0. The summed E-state index contributed by atoms with van der Waals surface area (Å²) in [6.07, 6.45) is 2.26. The van der Waals surface area contributed by atoms with Gasteiger partial charge in [0.1, 0.15) is 0 Å². The van der Waals surface area contributed by atoms with E-state index in [1.807, 2.05) is 36.4 Å². The normalized spacial score (nSPS) is 10.9. The van der Waals surface area contributed by atoms with Crippen LogP contribution in [0.1, 0.15) is 0 Å². The molecule has 0 saturated carbocycles. The van der Waals surface area contributed by atoms with Crippen LogP contribution in [0.2, 0.25) is 0 Å². The average molecular weight is 459 g/mol. The van der Waals surface area contributed by atoms with Crippen LogP contribution in [-0.2, 0) is 16.3 Å². The molecule has 11 nitrogen and oxygen atoms in total. The summed E-state index contributed by atoms with van der Waals surface area (Å²) < 4.78 is 11.9. The Labute approximate surface area is 194 Å². The summed E-state index contributed by atoms with van der Waals surface area (Å²) in [5.74, 6) is 0.192. The monoisotopic (exact) mass is 459 g/mol. The number of ether oxygens (including phenoxy) is 2. The van der Waals surface area contributed by atoms with Gasteiger partial charge in [-0.15, -0.1) is 0 Å². The first-order valence-corrected chi connectivity index (χ1v) is 10.2. The molecule has 0 bridgehead atoms. The zero-order valence-corrected chi connectivity index (χ0v) is 18.5. The minimum absolute atomic E-state index is 0.124. The molecule has 0 aliphatic carbocycles. The van der Waals surface area contributed by atoms with E-state index in [-0.39, 0.29) is 24.2 Å². The molecule has 0 N–H and O–H groups in total. The predicted molar refractivity (Wildman–Crippen MR) is 125 cm³/mol. The first-order chi connectivity index (χ1) is 16.6. The van der Waals surface area contributed by atoms with Crippen molar-refractivity contribution < 1.29 is 19.1 Å². The fraction of sp³-hybridized carbons (Fsp3) is 0.130. The van der Waals surface area contributed by atoms with E-state index in [0.29, 0.717) is 23.4 Å². The number of imidazole rings is 1. The molecule has 0 spiro atoms. The molecule has 0 unspecified atom stereocenters. The summed E-state index contributed by atoms with van der Waals surface area (Å²) >= 11 is 0. The van der Waals surface area contributed by atoms with Gasteiger partial charge in [0.05, 0.1) is 24.0 Å². The van der Waals surface area contributed by atoms with Gasteiger partial charge in [-0.05, 0) is 24.3 Å². The van der Waals surface area contributed by atoms with Crippen LogP contribution in [0.25, 0.3) is 11.2 Å². The second-order valence-electron chi connectivity index (χ2n) is 7.19. The largest absolute Gasteiger partial charge is 0.446 e.